The third-order valence-electron chi connectivity index (χ3n) is 3.58. The Morgan fingerprint density at radius 1 is 1.17 bits per heavy atom. The van der Waals surface area contributed by atoms with Crippen molar-refractivity contribution in [2.45, 2.75) is 12.5 Å². The van der Waals surface area contributed by atoms with E-state index in [-0.39, 0.29) is 6.10 Å². The lowest BCUT2D eigenvalue weighted by Gasteiger charge is -2.20. The summed E-state index contributed by atoms with van der Waals surface area (Å²) < 4.78 is 6.28. The minimum atomic E-state index is 0.0372. The fourth-order valence-electron chi connectivity index (χ4n) is 2.44. The summed E-state index contributed by atoms with van der Waals surface area (Å²) in [5.74, 6) is 0.877. The summed E-state index contributed by atoms with van der Waals surface area (Å²) in [5.41, 5.74) is 2.29. The normalized spacial score (nSPS) is 12.9. The number of hydrogen-bond donors (Lipinski definition) is 1. The topological polar surface area (TPSA) is 33.6 Å². The maximum Gasteiger partial charge on any atom is 0.125 e. The van der Waals surface area contributed by atoms with Crippen molar-refractivity contribution in [1.82, 2.24) is 5.32 Å². The number of nitrogens with one attached hydrogen (secondary N) is 1. The van der Waals surface area contributed by atoms with Crippen LogP contribution in [0.25, 0.3) is 0 Å². The second-order valence-corrected chi connectivity index (χ2v) is 5.97. The van der Waals surface area contributed by atoms with Crippen LogP contribution in [0.15, 0.2) is 59.6 Å². The number of ether oxygens (including phenoxy) is 1. The highest BCUT2D eigenvalue weighted by atomic mass is 32.2. The van der Waals surface area contributed by atoms with Crippen LogP contribution in [0.5, 0.6) is 5.75 Å². The van der Waals surface area contributed by atoms with E-state index >= 15 is 0 Å². The van der Waals surface area contributed by atoms with E-state index < -0.39 is 0 Å². The van der Waals surface area contributed by atoms with Crippen LogP contribution in [0.4, 0.5) is 0 Å². The molecular formula is C19H24N2OS. The molecule has 0 spiro atoms. The van der Waals surface area contributed by atoms with Crippen LogP contribution in [0.3, 0.4) is 0 Å². The van der Waals surface area contributed by atoms with Gasteiger partial charge in [0.2, 0.25) is 0 Å². The summed E-state index contributed by atoms with van der Waals surface area (Å²) in [6.45, 7) is 0.908. The average molecular weight is 328 g/mol. The molecule has 0 amide bonds. The van der Waals surface area contributed by atoms with Gasteiger partial charge < -0.3 is 10.1 Å². The first-order chi connectivity index (χ1) is 11.3. The summed E-state index contributed by atoms with van der Waals surface area (Å²) in [4.78, 5) is 4.32. The molecule has 122 valence electrons. The molecule has 0 bridgehead atoms. The molecule has 23 heavy (non-hydrogen) atoms. The van der Waals surface area contributed by atoms with Crippen LogP contribution < -0.4 is 10.1 Å². The quantitative estimate of drug-likeness (QED) is 0.612. The Kier molecular flexibility index (Phi) is 7.17. The van der Waals surface area contributed by atoms with Crippen molar-refractivity contribution in [2.24, 2.45) is 4.99 Å². The third kappa shape index (κ3) is 5.12. The van der Waals surface area contributed by atoms with E-state index in [2.05, 4.69) is 46.7 Å². The van der Waals surface area contributed by atoms with E-state index in [4.69, 9.17) is 4.74 Å². The molecule has 0 radical (unpaired) electrons. The maximum atomic E-state index is 6.28. The molecule has 3 nitrogen and oxygen atoms in total. The van der Waals surface area contributed by atoms with Gasteiger partial charge in [-0.15, -0.1) is 11.8 Å². The molecule has 0 heterocycles. The van der Waals surface area contributed by atoms with E-state index in [0.717, 1.165) is 29.3 Å². The predicted molar refractivity (Wildman–Crippen MR) is 101 cm³/mol. The van der Waals surface area contributed by atoms with Crippen LogP contribution in [-0.4, -0.2) is 31.9 Å². The van der Waals surface area contributed by atoms with Gasteiger partial charge in [-0.3, -0.25) is 4.99 Å². The second kappa shape index (κ2) is 9.38. The highest BCUT2D eigenvalue weighted by molar-refractivity contribution is 8.13. The number of thioether (sulfide) groups is 1. The Morgan fingerprint density at radius 3 is 2.61 bits per heavy atom. The fourth-order valence-corrected chi connectivity index (χ4v) is 2.99. The molecule has 1 unspecified atom stereocenters. The number of benzene rings is 2. The molecule has 4 heteroatoms. The molecule has 0 aliphatic heterocycles. The van der Waals surface area contributed by atoms with Crippen molar-refractivity contribution in [3.63, 3.8) is 0 Å². The number of hydrogen-bond acceptors (Lipinski definition) is 4. The first kappa shape index (κ1) is 17.6. The zero-order chi connectivity index (χ0) is 16.5. The first-order valence-corrected chi connectivity index (χ1v) is 8.98. The zero-order valence-corrected chi connectivity index (χ0v) is 14.8. The van der Waals surface area contributed by atoms with Crippen molar-refractivity contribution >= 4 is 16.8 Å². The highest BCUT2D eigenvalue weighted by Crippen LogP contribution is 2.26. The summed E-state index contributed by atoms with van der Waals surface area (Å²) >= 11 is 1.65. The van der Waals surface area contributed by atoms with Crippen LogP contribution in [0.2, 0.25) is 0 Å². The lowest BCUT2D eigenvalue weighted by atomic mass is 10.1. The largest absolute Gasteiger partial charge is 0.486 e. The summed E-state index contributed by atoms with van der Waals surface area (Å²) in [7, 11) is 3.78. The lowest BCUT2D eigenvalue weighted by Crippen LogP contribution is -2.16. The lowest BCUT2D eigenvalue weighted by molar-refractivity contribution is 0.195. The van der Waals surface area contributed by atoms with Gasteiger partial charge in [0.05, 0.1) is 5.04 Å². The van der Waals surface area contributed by atoms with Crippen LogP contribution in [0, 0.1) is 0 Å². The Balaban J connectivity index is 2.21. The molecule has 1 atom stereocenters. The summed E-state index contributed by atoms with van der Waals surface area (Å²) in [6.07, 6.45) is 2.99. The average Bonchev–Trinajstić information content (AvgIpc) is 2.61. The standard InChI is InChI=1S/C19H24N2OS/c1-20-13-12-18(15-8-5-4-6-9-15)22-17-11-7-10-16(14-17)19(21-2)23-3/h4-11,14,18,20H,12-13H2,1-3H3. The van der Waals surface area contributed by atoms with Crippen molar-refractivity contribution < 1.29 is 4.74 Å². The third-order valence-corrected chi connectivity index (χ3v) is 4.39. The molecule has 0 aliphatic rings. The smallest absolute Gasteiger partial charge is 0.125 e. The van der Waals surface area contributed by atoms with Gasteiger partial charge in [-0.05, 0) is 37.5 Å². The molecule has 2 aromatic carbocycles. The van der Waals surface area contributed by atoms with Gasteiger partial charge >= 0.3 is 0 Å². The second-order valence-electron chi connectivity index (χ2n) is 5.17. The van der Waals surface area contributed by atoms with Gasteiger partial charge in [0, 0.05) is 19.0 Å². The molecule has 0 fully saturated rings. The van der Waals surface area contributed by atoms with Crippen molar-refractivity contribution in [3.05, 3.63) is 65.7 Å². The number of nitrogens with zero attached hydrogens (tertiary/aromatic N) is 1. The van der Waals surface area contributed by atoms with E-state index in [1.54, 1.807) is 11.8 Å². The minimum Gasteiger partial charge on any atom is -0.486 e. The van der Waals surface area contributed by atoms with Crippen molar-refractivity contribution in [3.8, 4) is 5.75 Å². The van der Waals surface area contributed by atoms with E-state index in [9.17, 15) is 0 Å². The Morgan fingerprint density at radius 2 is 1.96 bits per heavy atom. The first-order valence-electron chi connectivity index (χ1n) is 7.76. The minimum absolute atomic E-state index is 0.0372. The van der Waals surface area contributed by atoms with Gasteiger partial charge in [0.25, 0.3) is 0 Å². The maximum absolute atomic E-state index is 6.28. The molecule has 0 saturated carbocycles. The van der Waals surface area contributed by atoms with E-state index in [1.807, 2.05) is 38.6 Å². The summed E-state index contributed by atoms with van der Waals surface area (Å²) in [5, 5.41) is 4.21. The van der Waals surface area contributed by atoms with Crippen molar-refractivity contribution in [2.75, 3.05) is 26.9 Å². The molecule has 1 N–H and O–H groups in total. The van der Waals surface area contributed by atoms with Gasteiger partial charge in [-0.2, -0.15) is 0 Å². The van der Waals surface area contributed by atoms with Crippen LogP contribution in [0.1, 0.15) is 23.7 Å². The van der Waals surface area contributed by atoms with Gasteiger partial charge in [-0.25, -0.2) is 0 Å². The Bertz CT molecular complexity index is 628. The zero-order valence-electron chi connectivity index (χ0n) is 14.0. The monoisotopic (exact) mass is 328 g/mol. The Labute approximate surface area is 143 Å². The predicted octanol–water partition coefficient (Wildman–Crippen LogP) is 4.16. The molecular weight excluding hydrogens is 304 g/mol. The van der Waals surface area contributed by atoms with Gasteiger partial charge in [0.15, 0.2) is 0 Å². The number of rotatable bonds is 7. The summed E-state index contributed by atoms with van der Waals surface area (Å²) in [6, 6.07) is 18.5. The molecule has 0 aromatic heterocycles. The van der Waals surface area contributed by atoms with Crippen LogP contribution >= 0.6 is 11.8 Å². The van der Waals surface area contributed by atoms with Gasteiger partial charge in [0.1, 0.15) is 11.9 Å². The number of aliphatic imine (C=N–C) groups is 1. The fraction of sp³-hybridized carbons (Fsp3) is 0.316. The highest BCUT2D eigenvalue weighted by Gasteiger charge is 2.13. The molecule has 0 saturated heterocycles. The van der Waals surface area contributed by atoms with E-state index in [1.165, 1.54) is 5.56 Å². The van der Waals surface area contributed by atoms with E-state index in [0.29, 0.717) is 0 Å². The SMILES string of the molecule is CN=C(SC)c1cccc(OC(CCNC)c2ccccc2)c1. The van der Waals surface area contributed by atoms with Crippen molar-refractivity contribution in [1.29, 1.82) is 0 Å². The van der Waals surface area contributed by atoms with Crippen LogP contribution in [-0.2, 0) is 0 Å². The van der Waals surface area contributed by atoms with Gasteiger partial charge in [-0.1, -0.05) is 42.5 Å². The molecule has 0 aliphatic carbocycles. The molecule has 2 rings (SSSR count). The molecule has 2 aromatic rings. The Hall–Kier alpha value is -1.78.